The smallest absolute Gasteiger partial charge is 0.327 e. The second kappa shape index (κ2) is 9.36. The van der Waals surface area contributed by atoms with Crippen LogP contribution in [0, 0.1) is 5.92 Å². The van der Waals surface area contributed by atoms with Gasteiger partial charge in [0.05, 0.1) is 11.5 Å². The Balaban J connectivity index is 1.57. The number of likely N-dealkylation sites (N-methyl/N-ethyl adjacent to an activating group) is 1. The first-order chi connectivity index (χ1) is 15.0. The van der Waals surface area contributed by atoms with E-state index in [0.29, 0.717) is 25.2 Å². The molecule has 0 bridgehead atoms. The molecule has 2 heterocycles. The number of nitrogens with zero attached hydrogens (tertiary/aromatic N) is 2. The summed E-state index contributed by atoms with van der Waals surface area (Å²) in [6.07, 6.45) is 3.01. The molecule has 1 aliphatic carbocycles. The second-order valence-electron chi connectivity index (χ2n) is 9.07. The first kappa shape index (κ1) is 24.5. The summed E-state index contributed by atoms with van der Waals surface area (Å²) < 4.78 is 28.7. The van der Waals surface area contributed by atoms with Crippen molar-refractivity contribution in [1.82, 2.24) is 15.1 Å². The lowest BCUT2D eigenvalue weighted by atomic mass is 9.75. The Kier molecular flexibility index (Phi) is 7.16. The summed E-state index contributed by atoms with van der Waals surface area (Å²) in [7, 11) is -3.17. The topological polar surface area (TPSA) is 130 Å². The summed E-state index contributed by atoms with van der Waals surface area (Å²) >= 11 is 0. The van der Waals surface area contributed by atoms with E-state index in [1.54, 1.807) is 6.92 Å². The van der Waals surface area contributed by atoms with Crippen LogP contribution in [-0.2, 0) is 29.0 Å². The standard InChI is InChI=1S/C21H33N3O7S/c1-4-15-6-9-21(10-7-15)19(27)24(20(28)22-21)12-17(25)31-14(3)18(26)23(5-2)16-8-11-32(29,30)13-16/h14-16H,4-13H2,1-3H3,(H,22,28). The molecule has 0 aromatic heterocycles. The number of rotatable bonds is 7. The molecule has 180 valence electrons. The van der Waals surface area contributed by atoms with Crippen molar-refractivity contribution in [1.29, 1.82) is 0 Å². The normalized spacial score (nSPS) is 30.3. The number of imide groups is 1. The predicted molar refractivity (Wildman–Crippen MR) is 115 cm³/mol. The first-order valence-electron chi connectivity index (χ1n) is 11.4. The molecule has 1 saturated carbocycles. The molecule has 2 aliphatic heterocycles. The summed E-state index contributed by atoms with van der Waals surface area (Å²) in [4.78, 5) is 52.8. The van der Waals surface area contributed by atoms with E-state index in [2.05, 4.69) is 12.2 Å². The summed E-state index contributed by atoms with van der Waals surface area (Å²) in [5.41, 5.74) is -0.947. The molecule has 1 N–H and O–H groups in total. The number of amides is 4. The molecule has 2 unspecified atom stereocenters. The van der Waals surface area contributed by atoms with Gasteiger partial charge in [0.1, 0.15) is 12.1 Å². The lowest BCUT2D eigenvalue weighted by molar-refractivity contribution is -0.161. The summed E-state index contributed by atoms with van der Waals surface area (Å²) in [5.74, 6) is -1.30. The van der Waals surface area contributed by atoms with Crippen LogP contribution < -0.4 is 5.32 Å². The predicted octanol–water partition coefficient (Wildman–Crippen LogP) is 0.845. The number of ether oxygens (including phenoxy) is 1. The van der Waals surface area contributed by atoms with Gasteiger partial charge in [0.15, 0.2) is 15.9 Å². The minimum atomic E-state index is -3.17. The highest BCUT2D eigenvalue weighted by molar-refractivity contribution is 7.91. The Morgan fingerprint density at radius 1 is 1.22 bits per heavy atom. The highest BCUT2D eigenvalue weighted by Crippen LogP contribution is 2.37. The van der Waals surface area contributed by atoms with E-state index in [9.17, 15) is 27.6 Å². The van der Waals surface area contributed by atoms with Crippen LogP contribution in [-0.4, -0.2) is 84.3 Å². The van der Waals surface area contributed by atoms with E-state index in [0.717, 1.165) is 24.2 Å². The van der Waals surface area contributed by atoms with E-state index in [-0.39, 0.29) is 18.1 Å². The number of sulfone groups is 1. The van der Waals surface area contributed by atoms with Crippen molar-refractivity contribution < 1.29 is 32.3 Å². The molecular weight excluding hydrogens is 438 g/mol. The van der Waals surface area contributed by atoms with Gasteiger partial charge in [-0.25, -0.2) is 13.2 Å². The van der Waals surface area contributed by atoms with Gasteiger partial charge in [0.25, 0.3) is 11.8 Å². The minimum Gasteiger partial charge on any atom is -0.451 e. The van der Waals surface area contributed by atoms with Crippen LogP contribution in [0.3, 0.4) is 0 Å². The number of nitrogens with one attached hydrogen (secondary N) is 1. The van der Waals surface area contributed by atoms with Crippen molar-refractivity contribution in [3.8, 4) is 0 Å². The summed E-state index contributed by atoms with van der Waals surface area (Å²) in [6, 6.07) is -1.06. The number of carbonyl (C=O) groups excluding carboxylic acids is 4. The van der Waals surface area contributed by atoms with Crippen molar-refractivity contribution in [3.05, 3.63) is 0 Å². The molecule has 3 fully saturated rings. The van der Waals surface area contributed by atoms with Crippen molar-refractivity contribution in [2.45, 2.75) is 77.0 Å². The van der Waals surface area contributed by atoms with Crippen molar-refractivity contribution >= 4 is 33.7 Å². The average Bonchev–Trinajstić information content (AvgIpc) is 3.20. The van der Waals surface area contributed by atoms with Crippen LogP contribution in [0.4, 0.5) is 4.79 Å². The van der Waals surface area contributed by atoms with Gasteiger partial charge in [-0.2, -0.15) is 0 Å². The largest absolute Gasteiger partial charge is 0.451 e. The Hall–Kier alpha value is -2.17. The summed E-state index contributed by atoms with van der Waals surface area (Å²) in [6.45, 7) is 4.97. The number of esters is 1. The van der Waals surface area contributed by atoms with E-state index in [4.69, 9.17) is 4.74 Å². The molecule has 11 heteroatoms. The average molecular weight is 472 g/mol. The molecule has 3 rings (SSSR count). The van der Waals surface area contributed by atoms with E-state index in [1.165, 1.54) is 11.8 Å². The SMILES string of the molecule is CCC1CCC2(CC1)NC(=O)N(CC(=O)OC(C)C(=O)N(CC)C1CCS(=O)(=O)C1)C2=O. The molecule has 32 heavy (non-hydrogen) atoms. The van der Waals surface area contributed by atoms with Gasteiger partial charge in [-0.3, -0.25) is 19.3 Å². The van der Waals surface area contributed by atoms with Gasteiger partial charge >= 0.3 is 12.0 Å². The third-order valence-electron chi connectivity index (χ3n) is 7.00. The van der Waals surface area contributed by atoms with Crippen LogP contribution >= 0.6 is 0 Å². The Morgan fingerprint density at radius 3 is 2.41 bits per heavy atom. The van der Waals surface area contributed by atoms with Crippen molar-refractivity contribution in [3.63, 3.8) is 0 Å². The number of carbonyl (C=O) groups is 4. The van der Waals surface area contributed by atoms with Gasteiger partial charge in [0, 0.05) is 12.6 Å². The molecule has 2 atom stereocenters. The zero-order chi connectivity index (χ0) is 23.7. The highest BCUT2D eigenvalue weighted by Gasteiger charge is 2.52. The Bertz CT molecular complexity index is 880. The number of hydrogen-bond acceptors (Lipinski definition) is 7. The van der Waals surface area contributed by atoms with Crippen LogP contribution in [0.2, 0.25) is 0 Å². The van der Waals surface area contributed by atoms with Gasteiger partial charge in [-0.15, -0.1) is 0 Å². The summed E-state index contributed by atoms with van der Waals surface area (Å²) in [5, 5.41) is 2.76. The quantitative estimate of drug-likeness (QED) is 0.430. The van der Waals surface area contributed by atoms with Crippen LogP contribution in [0.15, 0.2) is 0 Å². The molecular formula is C21H33N3O7S. The van der Waals surface area contributed by atoms with Crippen LogP contribution in [0.5, 0.6) is 0 Å². The third-order valence-corrected chi connectivity index (χ3v) is 8.75. The highest BCUT2D eigenvalue weighted by atomic mass is 32.2. The molecule has 2 saturated heterocycles. The fraction of sp³-hybridized carbons (Fsp3) is 0.810. The molecule has 10 nitrogen and oxygen atoms in total. The third kappa shape index (κ3) is 4.92. The molecule has 0 aromatic carbocycles. The molecule has 3 aliphatic rings. The van der Waals surface area contributed by atoms with Gasteiger partial charge in [-0.05, 0) is 51.9 Å². The zero-order valence-electron chi connectivity index (χ0n) is 19.0. The maximum absolute atomic E-state index is 12.9. The maximum atomic E-state index is 12.9. The zero-order valence-corrected chi connectivity index (χ0v) is 19.8. The van der Waals surface area contributed by atoms with Crippen LogP contribution in [0.25, 0.3) is 0 Å². The lowest BCUT2D eigenvalue weighted by Gasteiger charge is -2.34. The maximum Gasteiger partial charge on any atom is 0.327 e. The molecule has 1 spiro atoms. The lowest BCUT2D eigenvalue weighted by Crippen LogP contribution is -2.50. The van der Waals surface area contributed by atoms with E-state index in [1.807, 2.05) is 0 Å². The molecule has 4 amide bonds. The number of urea groups is 1. The Labute approximate surface area is 188 Å². The van der Waals surface area contributed by atoms with E-state index >= 15 is 0 Å². The van der Waals surface area contributed by atoms with Gasteiger partial charge in [-0.1, -0.05) is 13.3 Å². The molecule has 0 radical (unpaired) electrons. The van der Waals surface area contributed by atoms with Crippen LogP contribution in [0.1, 0.15) is 59.3 Å². The second-order valence-corrected chi connectivity index (χ2v) is 11.3. The fourth-order valence-corrected chi connectivity index (χ4v) is 6.73. The van der Waals surface area contributed by atoms with Gasteiger partial charge < -0.3 is 15.0 Å². The Morgan fingerprint density at radius 2 is 1.88 bits per heavy atom. The van der Waals surface area contributed by atoms with Crippen molar-refractivity contribution in [2.24, 2.45) is 5.92 Å². The minimum absolute atomic E-state index is 0.0303. The first-order valence-corrected chi connectivity index (χ1v) is 13.2. The number of hydrogen-bond donors (Lipinski definition) is 1. The monoisotopic (exact) mass is 471 g/mol. The van der Waals surface area contributed by atoms with Crippen molar-refractivity contribution in [2.75, 3.05) is 24.6 Å². The fourth-order valence-electron chi connectivity index (χ4n) is 5.00. The van der Waals surface area contributed by atoms with E-state index < -0.39 is 57.9 Å². The molecule has 0 aromatic rings. The van der Waals surface area contributed by atoms with Gasteiger partial charge in [0.2, 0.25) is 0 Å².